The third-order valence-electron chi connectivity index (χ3n) is 4.00. The van der Waals surface area contributed by atoms with E-state index in [2.05, 4.69) is 15.5 Å². The van der Waals surface area contributed by atoms with Crippen LogP contribution in [0.2, 0.25) is 0 Å². The molecule has 1 aromatic carbocycles. The molecule has 1 unspecified atom stereocenters. The first-order valence-corrected chi connectivity index (χ1v) is 7.72. The van der Waals surface area contributed by atoms with Gasteiger partial charge in [0, 0.05) is 24.3 Å². The molecule has 1 fully saturated rings. The predicted molar refractivity (Wildman–Crippen MR) is 88.1 cm³/mol. The lowest BCUT2D eigenvalue weighted by Crippen LogP contribution is -2.29. The number of aryl methyl sites for hydroxylation is 1. The average Bonchev–Trinajstić information content (AvgIpc) is 3.07. The van der Waals surface area contributed by atoms with Gasteiger partial charge < -0.3 is 15.3 Å². The van der Waals surface area contributed by atoms with Crippen molar-refractivity contribution in [3.8, 4) is 0 Å². The number of likely N-dealkylation sites (tertiary alicyclic amines) is 1. The molecule has 0 bridgehead atoms. The van der Waals surface area contributed by atoms with E-state index in [-0.39, 0.29) is 12.5 Å². The molecule has 2 aromatic rings. The first-order valence-electron chi connectivity index (χ1n) is 7.72. The number of rotatable bonds is 4. The number of benzene rings is 1. The third-order valence-corrected chi connectivity index (χ3v) is 4.00. The van der Waals surface area contributed by atoms with Crippen molar-refractivity contribution in [1.82, 2.24) is 15.1 Å². The Kier molecular flexibility index (Phi) is 4.41. The summed E-state index contributed by atoms with van der Waals surface area (Å²) in [5.74, 6) is -0.883. The zero-order valence-corrected chi connectivity index (χ0v) is 13.3. The Hall–Kier alpha value is -2.96. The maximum absolute atomic E-state index is 12.5. The normalized spacial score (nSPS) is 16.9. The summed E-state index contributed by atoms with van der Waals surface area (Å²) in [4.78, 5) is 25.2. The Balaban J connectivity index is 1.72. The Morgan fingerprint density at radius 1 is 1.25 bits per heavy atom. The second-order valence-corrected chi connectivity index (χ2v) is 5.84. The molecule has 7 nitrogen and oxygen atoms in total. The fourth-order valence-electron chi connectivity index (χ4n) is 2.67. The highest BCUT2D eigenvalue weighted by Crippen LogP contribution is 2.21. The summed E-state index contributed by atoms with van der Waals surface area (Å²) in [6.07, 6.45) is 0.498. The van der Waals surface area contributed by atoms with Crippen molar-refractivity contribution < 1.29 is 14.7 Å². The van der Waals surface area contributed by atoms with Crippen LogP contribution in [0.1, 0.15) is 22.5 Å². The maximum atomic E-state index is 12.5. The minimum atomic E-state index is -0.848. The molecule has 1 amide bonds. The van der Waals surface area contributed by atoms with Crippen molar-refractivity contribution in [1.29, 1.82) is 0 Å². The van der Waals surface area contributed by atoms with Crippen LogP contribution in [0.4, 0.5) is 11.5 Å². The van der Waals surface area contributed by atoms with Crippen molar-refractivity contribution in [2.45, 2.75) is 13.3 Å². The van der Waals surface area contributed by atoms with E-state index in [0.29, 0.717) is 24.3 Å². The second kappa shape index (κ2) is 6.66. The number of hydrogen-bond acceptors (Lipinski definition) is 5. The fraction of sp³-hybridized carbons (Fsp3) is 0.294. The number of nitrogens with one attached hydrogen (secondary N) is 1. The lowest BCUT2D eigenvalue weighted by Gasteiger charge is -2.16. The van der Waals surface area contributed by atoms with Gasteiger partial charge in [-0.25, -0.2) is 0 Å². The van der Waals surface area contributed by atoms with Crippen LogP contribution >= 0.6 is 0 Å². The van der Waals surface area contributed by atoms with Crippen LogP contribution in [0, 0.1) is 12.8 Å². The number of carboxylic acid groups (broad SMARTS) is 1. The van der Waals surface area contributed by atoms with E-state index in [4.69, 9.17) is 5.11 Å². The lowest BCUT2D eigenvalue weighted by molar-refractivity contribution is -0.141. The van der Waals surface area contributed by atoms with Crippen molar-refractivity contribution >= 4 is 23.4 Å². The van der Waals surface area contributed by atoms with Gasteiger partial charge in [0.15, 0.2) is 5.82 Å². The number of aliphatic carboxylic acids is 1. The number of hydrogen-bond donors (Lipinski definition) is 2. The smallest absolute Gasteiger partial charge is 0.308 e. The van der Waals surface area contributed by atoms with Crippen molar-refractivity contribution in [2.24, 2.45) is 5.92 Å². The number of carboxylic acids is 1. The monoisotopic (exact) mass is 326 g/mol. The van der Waals surface area contributed by atoms with Gasteiger partial charge in [0.25, 0.3) is 5.91 Å². The van der Waals surface area contributed by atoms with Gasteiger partial charge in [0.2, 0.25) is 0 Å². The van der Waals surface area contributed by atoms with Crippen molar-refractivity contribution in [3.05, 3.63) is 47.7 Å². The summed E-state index contributed by atoms with van der Waals surface area (Å²) >= 11 is 0. The van der Waals surface area contributed by atoms with Gasteiger partial charge >= 0.3 is 5.97 Å². The number of aromatic nitrogens is 2. The van der Waals surface area contributed by atoms with Gasteiger partial charge in [-0.05, 0) is 43.7 Å². The van der Waals surface area contributed by atoms with E-state index in [1.54, 1.807) is 23.1 Å². The molecule has 1 aliphatic heterocycles. The van der Waals surface area contributed by atoms with Gasteiger partial charge in [-0.1, -0.05) is 6.07 Å². The molecule has 124 valence electrons. The topological polar surface area (TPSA) is 95.4 Å². The third kappa shape index (κ3) is 3.51. The van der Waals surface area contributed by atoms with E-state index in [9.17, 15) is 9.59 Å². The molecule has 2 N–H and O–H groups in total. The molecular weight excluding hydrogens is 308 g/mol. The summed E-state index contributed by atoms with van der Waals surface area (Å²) in [6.45, 7) is 2.59. The highest BCUT2D eigenvalue weighted by Gasteiger charge is 2.31. The molecule has 0 spiro atoms. The summed E-state index contributed by atoms with van der Waals surface area (Å²) in [5.41, 5.74) is 2.07. The van der Waals surface area contributed by atoms with E-state index < -0.39 is 11.9 Å². The Bertz CT molecular complexity index is 761. The Morgan fingerprint density at radius 2 is 2.08 bits per heavy atom. The van der Waals surface area contributed by atoms with E-state index in [1.165, 1.54) is 0 Å². The molecular formula is C17H18N4O3. The largest absolute Gasteiger partial charge is 0.481 e. The Morgan fingerprint density at radius 3 is 2.75 bits per heavy atom. The number of anilines is 2. The first-order chi connectivity index (χ1) is 11.5. The first kappa shape index (κ1) is 15.9. The van der Waals surface area contributed by atoms with Crippen LogP contribution in [0.3, 0.4) is 0 Å². The van der Waals surface area contributed by atoms with Gasteiger partial charge in [-0.3, -0.25) is 9.59 Å². The lowest BCUT2D eigenvalue weighted by atomic mass is 10.1. The quantitative estimate of drug-likeness (QED) is 0.893. The number of carbonyl (C=O) groups excluding carboxylic acids is 1. The summed E-state index contributed by atoms with van der Waals surface area (Å²) in [5, 5.41) is 20.2. The zero-order chi connectivity index (χ0) is 17.1. The van der Waals surface area contributed by atoms with Crippen LogP contribution in [0.5, 0.6) is 0 Å². The molecule has 1 atom stereocenters. The van der Waals surface area contributed by atoms with Crippen LogP contribution in [-0.2, 0) is 4.79 Å². The summed E-state index contributed by atoms with van der Waals surface area (Å²) in [7, 11) is 0. The van der Waals surface area contributed by atoms with E-state index >= 15 is 0 Å². The summed E-state index contributed by atoms with van der Waals surface area (Å²) < 4.78 is 0. The van der Waals surface area contributed by atoms with Gasteiger partial charge in [0.05, 0.1) is 11.6 Å². The number of amides is 1. The Labute approximate surface area is 139 Å². The van der Waals surface area contributed by atoms with Gasteiger partial charge in [-0.2, -0.15) is 5.10 Å². The van der Waals surface area contributed by atoms with Crippen molar-refractivity contribution in [3.63, 3.8) is 0 Å². The molecule has 1 aliphatic rings. The average molecular weight is 326 g/mol. The summed E-state index contributed by atoms with van der Waals surface area (Å²) in [6, 6.07) is 10.7. The molecule has 2 heterocycles. The van der Waals surface area contributed by atoms with Crippen LogP contribution in [0.15, 0.2) is 36.4 Å². The molecule has 24 heavy (non-hydrogen) atoms. The standard InChI is InChI=1S/C17H18N4O3/c1-11-5-6-15(20-19-11)18-14-4-2-3-12(9-14)16(22)21-8-7-13(10-21)17(23)24/h2-6,9,13H,7-8,10H2,1H3,(H,18,20)(H,23,24). The molecule has 7 heteroatoms. The zero-order valence-electron chi connectivity index (χ0n) is 13.3. The maximum Gasteiger partial charge on any atom is 0.308 e. The molecule has 1 saturated heterocycles. The molecule has 0 radical (unpaired) electrons. The van der Waals surface area contributed by atoms with Gasteiger partial charge in [-0.15, -0.1) is 5.10 Å². The van der Waals surface area contributed by atoms with E-state index in [1.807, 2.05) is 25.1 Å². The van der Waals surface area contributed by atoms with Gasteiger partial charge in [0.1, 0.15) is 0 Å². The number of nitrogens with zero attached hydrogens (tertiary/aromatic N) is 3. The highest BCUT2D eigenvalue weighted by atomic mass is 16.4. The van der Waals surface area contributed by atoms with Crippen molar-refractivity contribution in [2.75, 3.05) is 18.4 Å². The highest BCUT2D eigenvalue weighted by molar-refractivity contribution is 5.95. The molecule has 0 aliphatic carbocycles. The minimum absolute atomic E-state index is 0.155. The molecule has 1 aromatic heterocycles. The predicted octanol–water partition coefficient (Wildman–Crippen LogP) is 2.08. The number of carbonyl (C=O) groups is 2. The molecule has 0 saturated carbocycles. The fourth-order valence-corrected chi connectivity index (χ4v) is 2.67. The molecule has 3 rings (SSSR count). The van der Waals surface area contributed by atoms with Crippen LogP contribution in [0.25, 0.3) is 0 Å². The second-order valence-electron chi connectivity index (χ2n) is 5.84. The SMILES string of the molecule is Cc1ccc(Nc2cccc(C(=O)N3CCC(C(=O)O)C3)c2)nn1. The minimum Gasteiger partial charge on any atom is -0.481 e. The van der Waals surface area contributed by atoms with E-state index in [0.717, 1.165) is 11.4 Å². The van der Waals surface area contributed by atoms with Crippen LogP contribution in [-0.4, -0.2) is 45.2 Å². The van der Waals surface area contributed by atoms with Crippen LogP contribution < -0.4 is 5.32 Å².